The summed E-state index contributed by atoms with van der Waals surface area (Å²) in [6.45, 7) is 4.32. The van der Waals surface area contributed by atoms with Gasteiger partial charge in [0.15, 0.2) is 5.96 Å². The molecule has 0 amide bonds. The lowest BCUT2D eigenvalue weighted by atomic mass is 10.0. The van der Waals surface area contributed by atoms with Gasteiger partial charge in [-0.15, -0.1) is 35.3 Å². The van der Waals surface area contributed by atoms with E-state index in [1.54, 1.807) is 14.2 Å². The van der Waals surface area contributed by atoms with Crippen LogP contribution in [0.25, 0.3) is 0 Å². The van der Waals surface area contributed by atoms with Crippen LogP contribution in [-0.4, -0.2) is 51.3 Å². The minimum absolute atomic E-state index is 0. The Morgan fingerprint density at radius 3 is 2.81 bits per heavy atom. The van der Waals surface area contributed by atoms with Gasteiger partial charge in [-0.2, -0.15) is 0 Å². The highest BCUT2D eigenvalue weighted by Gasteiger charge is 2.25. The zero-order valence-electron chi connectivity index (χ0n) is 16.0. The number of aliphatic imine (C=N–C) groups is 1. The summed E-state index contributed by atoms with van der Waals surface area (Å²) in [5.74, 6) is 0.816. The third kappa shape index (κ3) is 6.17. The van der Waals surface area contributed by atoms with Crippen LogP contribution < -0.4 is 10.6 Å². The quantitative estimate of drug-likeness (QED) is 0.265. The van der Waals surface area contributed by atoms with Crippen LogP contribution in [0.2, 0.25) is 0 Å². The fraction of sp³-hybridized carbons (Fsp3) is 0.450. The molecule has 148 valence electrons. The first-order valence-electron chi connectivity index (χ1n) is 9.09. The summed E-state index contributed by atoms with van der Waals surface area (Å²) in [4.78, 5) is 8.43. The maximum absolute atomic E-state index is 5.10. The van der Waals surface area contributed by atoms with Crippen LogP contribution in [0.15, 0.2) is 46.8 Å². The number of guanidine groups is 1. The van der Waals surface area contributed by atoms with Gasteiger partial charge >= 0.3 is 0 Å². The summed E-state index contributed by atoms with van der Waals surface area (Å²) in [6.07, 6.45) is 1.14. The molecule has 27 heavy (non-hydrogen) atoms. The molecule has 0 radical (unpaired) electrons. The fourth-order valence-corrected chi connectivity index (χ4v) is 4.24. The predicted octanol–water partition coefficient (Wildman–Crippen LogP) is 3.28. The second kappa shape index (κ2) is 11.6. The van der Waals surface area contributed by atoms with Crippen molar-refractivity contribution in [3.8, 4) is 0 Å². The van der Waals surface area contributed by atoms with Crippen molar-refractivity contribution in [2.75, 3.05) is 40.4 Å². The van der Waals surface area contributed by atoms with Crippen molar-refractivity contribution >= 4 is 41.3 Å². The van der Waals surface area contributed by atoms with Gasteiger partial charge in [-0.25, -0.2) is 0 Å². The highest BCUT2D eigenvalue weighted by atomic mass is 127. The molecule has 1 aliphatic rings. The average Bonchev–Trinajstić information content (AvgIpc) is 3.15. The molecule has 2 N–H and O–H groups in total. The maximum atomic E-state index is 5.10. The van der Waals surface area contributed by atoms with Crippen LogP contribution in [0.1, 0.15) is 22.0 Å². The highest BCUT2D eigenvalue weighted by molar-refractivity contribution is 14.0. The van der Waals surface area contributed by atoms with E-state index in [1.165, 1.54) is 16.0 Å². The predicted molar refractivity (Wildman–Crippen MR) is 124 cm³/mol. The molecule has 1 aromatic carbocycles. The topological polar surface area (TPSA) is 48.9 Å². The first kappa shape index (κ1) is 22.1. The second-order valence-corrected chi connectivity index (χ2v) is 7.39. The van der Waals surface area contributed by atoms with Crippen molar-refractivity contribution < 1.29 is 4.74 Å². The van der Waals surface area contributed by atoms with Crippen molar-refractivity contribution in [2.45, 2.75) is 19.0 Å². The molecule has 3 rings (SSSR count). The third-order valence-corrected chi connectivity index (χ3v) is 5.77. The molecule has 1 aliphatic heterocycles. The number of halogens is 1. The Morgan fingerprint density at radius 2 is 2.07 bits per heavy atom. The molecule has 0 fully saturated rings. The molecule has 1 aromatic heterocycles. The fourth-order valence-electron chi connectivity index (χ4n) is 3.35. The SMILES string of the molecule is CN=C(NCCOC)NCC(c1ccccc1)N1CCc2sccc2C1.I. The van der Waals surface area contributed by atoms with Gasteiger partial charge in [-0.3, -0.25) is 9.89 Å². The number of hydrogen-bond donors (Lipinski definition) is 2. The summed E-state index contributed by atoms with van der Waals surface area (Å²) in [5.41, 5.74) is 2.82. The smallest absolute Gasteiger partial charge is 0.191 e. The van der Waals surface area contributed by atoms with Gasteiger partial charge in [-0.1, -0.05) is 30.3 Å². The third-order valence-electron chi connectivity index (χ3n) is 4.75. The van der Waals surface area contributed by atoms with Gasteiger partial charge in [0.05, 0.1) is 12.6 Å². The maximum Gasteiger partial charge on any atom is 0.191 e. The summed E-state index contributed by atoms with van der Waals surface area (Å²) in [5, 5.41) is 8.99. The zero-order chi connectivity index (χ0) is 18.2. The van der Waals surface area contributed by atoms with E-state index in [9.17, 15) is 0 Å². The van der Waals surface area contributed by atoms with Crippen molar-refractivity contribution in [3.05, 3.63) is 57.8 Å². The van der Waals surface area contributed by atoms with Crippen LogP contribution >= 0.6 is 35.3 Å². The van der Waals surface area contributed by atoms with E-state index >= 15 is 0 Å². The molecule has 2 heterocycles. The lowest BCUT2D eigenvalue weighted by Crippen LogP contribution is -2.44. The van der Waals surface area contributed by atoms with E-state index in [0.717, 1.165) is 38.6 Å². The summed E-state index contributed by atoms with van der Waals surface area (Å²) in [7, 11) is 3.51. The van der Waals surface area contributed by atoms with E-state index in [1.807, 2.05) is 11.3 Å². The van der Waals surface area contributed by atoms with Crippen molar-refractivity contribution in [3.63, 3.8) is 0 Å². The molecular formula is C20H29IN4OS. The number of hydrogen-bond acceptors (Lipinski definition) is 4. The number of fused-ring (bicyclic) bond motifs is 1. The van der Waals surface area contributed by atoms with E-state index in [0.29, 0.717) is 12.6 Å². The molecule has 1 atom stereocenters. The number of benzene rings is 1. The van der Waals surface area contributed by atoms with E-state index < -0.39 is 0 Å². The van der Waals surface area contributed by atoms with Crippen molar-refractivity contribution in [1.29, 1.82) is 0 Å². The van der Waals surface area contributed by atoms with Crippen LogP contribution in [0.3, 0.4) is 0 Å². The molecule has 0 saturated carbocycles. The summed E-state index contributed by atoms with van der Waals surface area (Å²) < 4.78 is 5.10. The molecule has 0 spiro atoms. The lowest BCUT2D eigenvalue weighted by Gasteiger charge is -2.35. The molecule has 0 bridgehead atoms. The number of nitrogens with zero attached hydrogens (tertiary/aromatic N) is 2. The van der Waals surface area contributed by atoms with Gasteiger partial charge in [-0.05, 0) is 29.0 Å². The minimum atomic E-state index is 0. The van der Waals surface area contributed by atoms with Crippen molar-refractivity contribution in [2.24, 2.45) is 4.99 Å². The summed E-state index contributed by atoms with van der Waals surface area (Å²) >= 11 is 1.88. The van der Waals surface area contributed by atoms with Crippen molar-refractivity contribution in [1.82, 2.24) is 15.5 Å². The van der Waals surface area contributed by atoms with E-state index in [-0.39, 0.29) is 24.0 Å². The van der Waals surface area contributed by atoms with E-state index in [2.05, 4.69) is 62.3 Å². The first-order valence-corrected chi connectivity index (χ1v) is 9.97. The van der Waals surface area contributed by atoms with Gasteiger partial charge in [0.1, 0.15) is 0 Å². The monoisotopic (exact) mass is 500 g/mol. The molecule has 0 saturated heterocycles. The lowest BCUT2D eigenvalue weighted by molar-refractivity contribution is 0.180. The standard InChI is InChI=1S/C20H28N4OS.HI/c1-21-20(22-10-12-25-2)23-14-18(16-6-4-3-5-7-16)24-11-8-19-17(15-24)9-13-26-19;/h3-7,9,13,18H,8,10-12,14-15H2,1-2H3,(H2,21,22,23);1H. The Hall–Kier alpha value is -1.16. The largest absolute Gasteiger partial charge is 0.383 e. The molecule has 0 aliphatic carbocycles. The number of ether oxygens (including phenoxy) is 1. The summed E-state index contributed by atoms with van der Waals surface area (Å²) in [6, 6.07) is 13.3. The van der Waals surface area contributed by atoms with Gasteiger partial charge in [0.2, 0.25) is 0 Å². The van der Waals surface area contributed by atoms with E-state index in [4.69, 9.17) is 4.74 Å². The molecule has 7 heteroatoms. The Bertz CT molecular complexity index is 707. The highest BCUT2D eigenvalue weighted by Crippen LogP contribution is 2.30. The number of methoxy groups -OCH3 is 1. The van der Waals surface area contributed by atoms with Crippen LogP contribution in [0.5, 0.6) is 0 Å². The first-order chi connectivity index (χ1) is 12.8. The Kier molecular flexibility index (Phi) is 9.53. The van der Waals surface area contributed by atoms with Crippen LogP contribution in [-0.2, 0) is 17.7 Å². The van der Waals surface area contributed by atoms with Crippen LogP contribution in [0, 0.1) is 0 Å². The second-order valence-electron chi connectivity index (χ2n) is 6.39. The zero-order valence-corrected chi connectivity index (χ0v) is 19.1. The molecular weight excluding hydrogens is 471 g/mol. The van der Waals surface area contributed by atoms with Gasteiger partial charge in [0.25, 0.3) is 0 Å². The Balaban J connectivity index is 0.00000261. The Labute approximate surface area is 183 Å². The molecule has 5 nitrogen and oxygen atoms in total. The van der Waals surface area contributed by atoms with Gasteiger partial charge in [0, 0.05) is 45.2 Å². The minimum Gasteiger partial charge on any atom is -0.383 e. The number of thiophene rings is 1. The van der Waals surface area contributed by atoms with Crippen LogP contribution in [0.4, 0.5) is 0 Å². The average molecular weight is 500 g/mol. The number of rotatable bonds is 7. The Morgan fingerprint density at radius 1 is 1.26 bits per heavy atom. The number of nitrogens with one attached hydrogen (secondary N) is 2. The molecule has 1 unspecified atom stereocenters. The normalized spacial score (nSPS) is 15.6. The van der Waals surface area contributed by atoms with Gasteiger partial charge < -0.3 is 15.4 Å². The molecule has 2 aromatic rings.